The second kappa shape index (κ2) is 8.86. The average Bonchev–Trinajstić information content (AvgIpc) is 2.59. The molecule has 3 heteroatoms. The van der Waals surface area contributed by atoms with Crippen LogP contribution in [0.25, 0.3) is 0 Å². The number of thioether (sulfide) groups is 1. The molecule has 1 fully saturated rings. The van der Waals surface area contributed by atoms with E-state index in [1.54, 1.807) is 11.8 Å². The van der Waals surface area contributed by atoms with Crippen LogP contribution in [0.3, 0.4) is 0 Å². The number of hydrogen-bond donors (Lipinski definition) is 0. The summed E-state index contributed by atoms with van der Waals surface area (Å²) in [6.45, 7) is 8.68. The van der Waals surface area contributed by atoms with E-state index < -0.39 is 0 Å². The Kier molecular flexibility index (Phi) is 7.86. The second-order valence-corrected chi connectivity index (χ2v) is 8.47. The van der Waals surface area contributed by atoms with E-state index in [-0.39, 0.29) is 22.7 Å². The van der Waals surface area contributed by atoms with E-state index in [9.17, 15) is 9.59 Å². The first-order valence-electron chi connectivity index (χ1n) is 8.13. The minimum Gasteiger partial charge on any atom is -0.299 e. The molecule has 0 N–H and O–H groups in total. The molecular formula is C17H30O2S. The van der Waals surface area contributed by atoms with Crippen molar-refractivity contribution >= 4 is 23.3 Å². The van der Waals surface area contributed by atoms with Crippen molar-refractivity contribution in [2.45, 2.75) is 83.1 Å². The maximum Gasteiger partial charge on any atom is 0.156 e. The Hall–Kier alpha value is -0.310. The molecule has 0 aromatic carbocycles. The van der Waals surface area contributed by atoms with Crippen molar-refractivity contribution in [2.24, 2.45) is 11.8 Å². The monoisotopic (exact) mass is 298 g/mol. The fourth-order valence-electron chi connectivity index (χ4n) is 2.81. The van der Waals surface area contributed by atoms with Crippen molar-refractivity contribution < 1.29 is 9.59 Å². The van der Waals surface area contributed by atoms with Crippen molar-refractivity contribution in [1.29, 1.82) is 0 Å². The molecule has 1 aliphatic rings. The average molecular weight is 298 g/mol. The third-order valence-corrected chi connectivity index (χ3v) is 5.17. The van der Waals surface area contributed by atoms with Crippen LogP contribution in [0.15, 0.2) is 0 Å². The fourth-order valence-corrected chi connectivity index (χ4v) is 4.03. The summed E-state index contributed by atoms with van der Waals surface area (Å²) in [7, 11) is 0. The topological polar surface area (TPSA) is 34.1 Å². The first-order valence-corrected chi connectivity index (χ1v) is 9.08. The third kappa shape index (κ3) is 5.99. The maximum atomic E-state index is 12.2. The molecule has 0 spiro atoms. The van der Waals surface area contributed by atoms with E-state index in [0.29, 0.717) is 11.7 Å². The standard InChI is InChI=1S/C17H30O2S/c1-12(2)9-7-5-6-8-10-14-15(18)11-16(17(14)19)20-13(3)4/h12-14,16H,5-11H2,1-4H3. The molecule has 0 bridgehead atoms. The summed E-state index contributed by atoms with van der Waals surface area (Å²) in [5.41, 5.74) is 0. The zero-order valence-corrected chi connectivity index (χ0v) is 14.3. The Bertz CT molecular complexity index is 323. The Morgan fingerprint density at radius 2 is 1.70 bits per heavy atom. The molecule has 1 saturated carbocycles. The van der Waals surface area contributed by atoms with Gasteiger partial charge in [-0.15, -0.1) is 11.8 Å². The lowest BCUT2D eigenvalue weighted by Crippen LogP contribution is -2.19. The molecule has 2 nitrogen and oxygen atoms in total. The predicted molar refractivity (Wildman–Crippen MR) is 87.2 cm³/mol. The summed E-state index contributed by atoms with van der Waals surface area (Å²) in [5, 5.41) is 0.361. The first-order chi connectivity index (χ1) is 9.41. The van der Waals surface area contributed by atoms with E-state index in [2.05, 4.69) is 27.7 Å². The van der Waals surface area contributed by atoms with Crippen LogP contribution in [0.4, 0.5) is 0 Å². The van der Waals surface area contributed by atoms with Crippen LogP contribution in [0, 0.1) is 11.8 Å². The van der Waals surface area contributed by atoms with Crippen LogP contribution in [-0.2, 0) is 9.59 Å². The number of Topliss-reactive ketones (excluding diaryl/α,β-unsaturated/α-hetero) is 2. The van der Waals surface area contributed by atoms with Gasteiger partial charge >= 0.3 is 0 Å². The van der Waals surface area contributed by atoms with Crippen molar-refractivity contribution in [3.63, 3.8) is 0 Å². The Labute approximate surface area is 128 Å². The van der Waals surface area contributed by atoms with Gasteiger partial charge in [0, 0.05) is 6.42 Å². The first kappa shape index (κ1) is 17.7. The molecule has 1 rings (SSSR count). The second-order valence-electron chi connectivity index (χ2n) is 6.68. The summed E-state index contributed by atoms with van der Waals surface area (Å²) < 4.78 is 0. The number of carbonyl (C=O) groups is 2. The minimum atomic E-state index is -0.281. The quantitative estimate of drug-likeness (QED) is 0.459. The summed E-state index contributed by atoms with van der Waals surface area (Å²) >= 11 is 1.66. The normalized spacial score (nSPS) is 23.3. The molecular weight excluding hydrogens is 268 g/mol. The van der Waals surface area contributed by atoms with E-state index in [4.69, 9.17) is 0 Å². The van der Waals surface area contributed by atoms with Crippen LogP contribution in [0.2, 0.25) is 0 Å². The van der Waals surface area contributed by atoms with E-state index in [0.717, 1.165) is 25.2 Å². The maximum absolute atomic E-state index is 12.2. The van der Waals surface area contributed by atoms with Crippen LogP contribution < -0.4 is 0 Å². The molecule has 0 aliphatic heterocycles. The number of ketones is 2. The summed E-state index contributed by atoms with van der Waals surface area (Å²) in [6.07, 6.45) is 7.24. The van der Waals surface area contributed by atoms with Crippen LogP contribution >= 0.6 is 11.8 Å². The summed E-state index contributed by atoms with van der Waals surface area (Å²) in [5.74, 6) is 0.893. The highest BCUT2D eigenvalue weighted by molar-refractivity contribution is 8.01. The van der Waals surface area contributed by atoms with E-state index in [1.165, 1.54) is 19.3 Å². The number of unbranched alkanes of at least 4 members (excludes halogenated alkanes) is 3. The van der Waals surface area contributed by atoms with Crippen molar-refractivity contribution in [3.05, 3.63) is 0 Å². The van der Waals surface area contributed by atoms with Gasteiger partial charge in [0.25, 0.3) is 0 Å². The van der Waals surface area contributed by atoms with Gasteiger partial charge in [0.2, 0.25) is 0 Å². The largest absolute Gasteiger partial charge is 0.299 e. The van der Waals surface area contributed by atoms with Crippen molar-refractivity contribution in [3.8, 4) is 0 Å². The van der Waals surface area contributed by atoms with Gasteiger partial charge in [0.1, 0.15) is 5.78 Å². The van der Waals surface area contributed by atoms with Gasteiger partial charge in [0.05, 0.1) is 11.2 Å². The SMILES string of the molecule is CC(C)CCCCCCC1C(=O)CC(SC(C)C)C1=O. The lowest BCUT2D eigenvalue weighted by molar-refractivity contribution is -0.127. The van der Waals surface area contributed by atoms with Gasteiger partial charge in [-0.1, -0.05) is 59.8 Å². The molecule has 0 aromatic heterocycles. The lowest BCUT2D eigenvalue weighted by atomic mass is 9.97. The van der Waals surface area contributed by atoms with Crippen LogP contribution in [-0.4, -0.2) is 22.1 Å². The van der Waals surface area contributed by atoms with Gasteiger partial charge in [-0.25, -0.2) is 0 Å². The molecule has 0 radical (unpaired) electrons. The third-order valence-electron chi connectivity index (χ3n) is 3.90. The minimum absolute atomic E-state index is 0.0616. The van der Waals surface area contributed by atoms with Gasteiger partial charge in [-0.2, -0.15) is 0 Å². The zero-order valence-electron chi connectivity index (χ0n) is 13.5. The fraction of sp³-hybridized carbons (Fsp3) is 0.882. The molecule has 1 aliphatic carbocycles. The highest BCUT2D eigenvalue weighted by Crippen LogP contribution is 2.33. The Morgan fingerprint density at radius 1 is 1.05 bits per heavy atom. The lowest BCUT2D eigenvalue weighted by Gasteiger charge is -2.11. The number of hydrogen-bond acceptors (Lipinski definition) is 3. The molecule has 2 unspecified atom stereocenters. The van der Waals surface area contributed by atoms with Crippen LogP contribution in [0.1, 0.15) is 72.6 Å². The Balaban J connectivity index is 2.23. The molecule has 0 aromatic rings. The molecule has 0 heterocycles. The van der Waals surface area contributed by atoms with Gasteiger partial charge in [-0.3, -0.25) is 9.59 Å². The number of carbonyl (C=O) groups excluding carboxylic acids is 2. The van der Waals surface area contributed by atoms with Gasteiger partial charge < -0.3 is 0 Å². The summed E-state index contributed by atoms with van der Waals surface area (Å²) in [6, 6.07) is 0. The summed E-state index contributed by atoms with van der Waals surface area (Å²) in [4.78, 5) is 24.2. The molecule has 20 heavy (non-hydrogen) atoms. The van der Waals surface area contributed by atoms with E-state index >= 15 is 0 Å². The molecule has 116 valence electrons. The molecule has 0 saturated heterocycles. The van der Waals surface area contributed by atoms with Crippen molar-refractivity contribution in [1.82, 2.24) is 0 Å². The van der Waals surface area contributed by atoms with Crippen LogP contribution in [0.5, 0.6) is 0 Å². The predicted octanol–water partition coefficient (Wildman–Crippen LogP) is 4.65. The molecule has 0 amide bonds. The number of rotatable bonds is 9. The van der Waals surface area contributed by atoms with Gasteiger partial charge in [0.15, 0.2) is 5.78 Å². The highest BCUT2D eigenvalue weighted by atomic mass is 32.2. The zero-order chi connectivity index (χ0) is 15.1. The smallest absolute Gasteiger partial charge is 0.156 e. The highest BCUT2D eigenvalue weighted by Gasteiger charge is 2.40. The van der Waals surface area contributed by atoms with Gasteiger partial charge in [-0.05, 0) is 17.6 Å². The van der Waals surface area contributed by atoms with Crippen molar-refractivity contribution in [2.75, 3.05) is 0 Å². The Morgan fingerprint density at radius 3 is 2.30 bits per heavy atom. The van der Waals surface area contributed by atoms with E-state index in [1.807, 2.05) is 0 Å². The molecule has 2 atom stereocenters.